The number of hydrogen-bond acceptors (Lipinski definition) is 5. The summed E-state index contributed by atoms with van der Waals surface area (Å²) in [5.41, 5.74) is 5.75. The van der Waals surface area contributed by atoms with E-state index < -0.39 is 10.1 Å². The summed E-state index contributed by atoms with van der Waals surface area (Å²) in [6, 6.07) is 5.29. The Balaban J connectivity index is -0.000000339. The van der Waals surface area contributed by atoms with E-state index in [2.05, 4.69) is 0 Å². The molecule has 14 heavy (non-hydrogen) atoms. The van der Waals surface area contributed by atoms with Gasteiger partial charge in [0.25, 0.3) is 10.1 Å². The van der Waals surface area contributed by atoms with Crippen LogP contribution >= 0.6 is 0 Å². The van der Waals surface area contributed by atoms with Crippen molar-refractivity contribution in [1.82, 2.24) is 0 Å². The van der Waals surface area contributed by atoms with E-state index in [0.717, 1.165) is 0 Å². The van der Waals surface area contributed by atoms with Crippen LogP contribution in [0, 0.1) is 10.8 Å². The molecule has 0 aliphatic rings. The third-order valence-corrected chi connectivity index (χ3v) is 2.05. The van der Waals surface area contributed by atoms with Gasteiger partial charge in [-0.25, -0.2) is 0 Å². The Morgan fingerprint density at radius 3 is 1.86 bits per heavy atom. The van der Waals surface area contributed by atoms with Crippen molar-refractivity contribution in [1.29, 1.82) is 10.8 Å². The van der Waals surface area contributed by atoms with Crippen LogP contribution < -0.4 is 35.3 Å². The summed E-state index contributed by atoms with van der Waals surface area (Å²) in [5, 5.41) is 12.0. The number of benzene rings is 1. The van der Waals surface area contributed by atoms with E-state index in [4.69, 9.17) is 21.1 Å². The number of nitrogen functional groups attached to an aromatic ring is 1. The summed E-state index contributed by atoms with van der Waals surface area (Å²) in [6.07, 6.45) is 0. The Morgan fingerprint density at radius 2 is 1.57 bits per heavy atom. The largest absolute Gasteiger partial charge is 1.00 e. The second-order valence-electron chi connectivity index (χ2n) is 2.04. The molecule has 0 saturated carbocycles. The van der Waals surface area contributed by atoms with Crippen LogP contribution in [0.15, 0.2) is 29.2 Å². The fourth-order valence-electron chi connectivity index (χ4n) is 0.640. The number of nitrogens with zero attached hydrogens (tertiary/aromatic N) is 2. The Kier molecular flexibility index (Phi) is 7.62. The minimum Gasteiger partial charge on any atom is -1.00 e. The van der Waals surface area contributed by atoms with Gasteiger partial charge in [-0.05, 0) is 24.3 Å². The number of hydrogen-bond donors (Lipinski definition) is 2. The standard InChI is InChI=1S/C6H7NO3S.N2.Na.H/c7-5-1-3-6(4-2-5)11(8,9)10;1-2;;/h1-4H,7H2,(H,8,9,10);;;/q;;+1;-1. The fraction of sp³-hybridized carbons (Fsp3) is 0. The molecule has 0 saturated heterocycles. The number of rotatable bonds is 1. The molecule has 1 aromatic carbocycles. The van der Waals surface area contributed by atoms with Crippen molar-refractivity contribution in [3.05, 3.63) is 24.3 Å². The second-order valence-corrected chi connectivity index (χ2v) is 3.47. The van der Waals surface area contributed by atoms with E-state index in [0.29, 0.717) is 5.69 Å². The Bertz CT molecular complexity index is 392. The first-order valence-electron chi connectivity index (χ1n) is 3.03. The first-order valence-corrected chi connectivity index (χ1v) is 4.47. The van der Waals surface area contributed by atoms with E-state index in [1.54, 1.807) is 0 Å². The molecular formula is C6H8N3NaO3S. The number of nitrogens with two attached hydrogens (primary N) is 1. The maximum Gasteiger partial charge on any atom is 1.00 e. The average molecular weight is 225 g/mol. The van der Waals surface area contributed by atoms with E-state index in [1.165, 1.54) is 24.3 Å². The molecule has 0 heterocycles. The zero-order chi connectivity index (χ0) is 10.5. The van der Waals surface area contributed by atoms with E-state index in [1.807, 2.05) is 0 Å². The zero-order valence-corrected chi connectivity index (χ0v) is 10.3. The molecule has 0 aromatic heterocycles. The third kappa shape index (κ3) is 5.16. The van der Waals surface area contributed by atoms with Crippen LogP contribution in [0.2, 0.25) is 0 Å². The minimum absolute atomic E-state index is 0. The maximum absolute atomic E-state index is 10.5. The quantitative estimate of drug-likeness (QED) is 0.238. The first-order chi connectivity index (χ1) is 6.00. The molecule has 0 unspecified atom stereocenters. The molecule has 3 N–H and O–H groups in total. The van der Waals surface area contributed by atoms with Crippen molar-refractivity contribution >= 4 is 15.8 Å². The topological polar surface area (TPSA) is 128 Å². The summed E-state index contributed by atoms with van der Waals surface area (Å²) in [7, 11) is -4.08. The Labute approximate surface area is 105 Å². The fourth-order valence-corrected chi connectivity index (χ4v) is 1.12. The van der Waals surface area contributed by atoms with Crippen LogP contribution in [0.4, 0.5) is 5.69 Å². The van der Waals surface area contributed by atoms with Crippen LogP contribution in [0.5, 0.6) is 0 Å². The van der Waals surface area contributed by atoms with Gasteiger partial charge >= 0.3 is 29.6 Å². The molecule has 0 bridgehead atoms. The van der Waals surface area contributed by atoms with Crippen LogP contribution in [0.3, 0.4) is 0 Å². The van der Waals surface area contributed by atoms with Crippen molar-refractivity contribution in [3.63, 3.8) is 0 Å². The molecular weight excluding hydrogens is 217 g/mol. The van der Waals surface area contributed by atoms with Gasteiger partial charge in [-0.15, -0.1) is 0 Å². The molecule has 0 spiro atoms. The van der Waals surface area contributed by atoms with Gasteiger partial charge < -0.3 is 7.16 Å². The number of anilines is 1. The monoisotopic (exact) mass is 225 g/mol. The predicted molar refractivity (Wildman–Crippen MR) is 45.2 cm³/mol. The van der Waals surface area contributed by atoms with Gasteiger partial charge in [-0.3, -0.25) is 4.55 Å². The zero-order valence-electron chi connectivity index (χ0n) is 8.45. The summed E-state index contributed by atoms with van der Waals surface area (Å²) >= 11 is 0. The van der Waals surface area contributed by atoms with E-state index in [-0.39, 0.29) is 35.9 Å². The van der Waals surface area contributed by atoms with Crippen molar-refractivity contribution in [3.8, 4) is 0 Å². The molecule has 0 amide bonds. The molecule has 0 atom stereocenters. The van der Waals surface area contributed by atoms with Crippen LogP contribution in [0.1, 0.15) is 1.43 Å². The van der Waals surface area contributed by atoms with Gasteiger partial charge in [-0.2, -0.15) is 8.42 Å². The van der Waals surface area contributed by atoms with E-state index in [9.17, 15) is 8.42 Å². The molecule has 0 radical (unpaired) electrons. The SMILES string of the molecule is N#N.Nc1ccc(S(=O)(=O)O)cc1.[H-].[Na+]. The van der Waals surface area contributed by atoms with Gasteiger partial charge in [0, 0.05) is 16.5 Å². The smallest absolute Gasteiger partial charge is 1.00 e. The molecule has 1 aromatic rings. The molecule has 0 fully saturated rings. The van der Waals surface area contributed by atoms with Gasteiger partial charge in [0.05, 0.1) is 4.90 Å². The van der Waals surface area contributed by atoms with Crippen molar-refractivity contribution < 1.29 is 44.0 Å². The van der Waals surface area contributed by atoms with Gasteiger partial charge in [0.2, 0.25) is 0 Å². The summed E-state index contributed by atoms with van der Waals surface area (Å²) < 4.78 is 29.4. The Hall–Kier alpha value is -0.650. The summed E-state index contributed by atoms with van der Waals surface area (Å²) in [6.45, 7) is 0. The van der Waals surface area contributed by atoms with Crippen molar-refractivity contribution in [2.75, 3.05) is 5.73 Å². The second kappa shape index (κ2) is 6.75. The van der Waals surface area contributed by atoms with Crippen LogP contribution in [-0.4, -0.2) is 13.0 Å². The van der Waals surface area contributed by atoms with Crippen LogP contribution in [0.25, 0.3) is 0 Å². The maximum atomic E-state index is 10.5. The summed E-state index contributed by atoms with van der Waals surface area (Å²) in [4.78, 5) is -0.147. The molecule has 6 nitrogen and oxygen atoms in total. The molecule has 0 aliphatic carbocycles. The first kappa shape index (κ1) is 15.8. The molecule has 1 rings (SSSR count). The predicted octanol–water partition coefficient (Wildman–Crippen LogP) is -2.34. The van der Waals surface area contributed by atoms with Crippen LogP contribution in [-0.2, 0) is 10.1 Å². The molecule has 0 aliphatic heterocycles. The molecule has 72 valence electrons. The molecule has 8 heteroatoms. The normalized spacial score (nSPS) is 9.07. The van der Waals surface area contributed by atoms with E-state index >= 15 is 0 Å². The summed E-state index contributed by atoms with van der Waals surface area (Å²) in [5.74, 6) is 0. The third-order valence-electron chi connectivity index (χ3n) is 1.18. The Morgan fingerprint density at radius 1 is 1.21 bits per heavy atom. The minimum atomic E-state index is -4.08. The van der Waals surface area contributed by atoms with Crippen molar-refractivity contribution in [2.45, 2.75) is 4.90 Å². The van der Waals surface area contributed by atoms with Gasteiger partial charge in [-0.1, -0.05) is 0 Å². The average Bonchev–Trinajstić information content (AvgIpc) is 2.07. The van der Waals surface area contributed by atoms with Gasteiger partial charge in [0.15, 0.2) is 0 Å². The van der Waals surface area contributed by atoms with Crippen molar-refractivity contribution in [2.24, 2.45) is 0 Å². The van der Waals surface area contributed by atoms with Gasteiger partial charge in [0.1, 0.15) is 0 Å².